The van der Waals surface area contributed by atoms with E-state index in [1.165, 1.54) is 37.7 Å². The Kier molecular flexibility index (Phi) is 5.98. The first-order chi connectivity index (χ1) is 10.1. The molecule has 1 fully saturated rings. The first kappa shape index (κ1) is 16.7. The van der Waals surface area contributed by atoms with Crippen LogP contribution in [-0.2, 0) is 0 Å². The molecule has 0 heterocycles. The van der Waals surface area contributed by atoms with Crippen LogP contribution < -0.4 is 9.47 Å². The van der Waals surface area contributed by atoms with Gasteiger partial charge in [-0.25, -0.2) is 0 Å². The fraction of sp³-hybridized carbons (Fsp3) is 0.667. The normalized spacial score (nSPS) is 19.0. The fourth-order valence-corrected chi connectivity index (χ4v) is 3.98. The van der Waals surface area contributed by atoms with Crippen molar-refractivity contribution in [3.05, 3.63) is 23.8 Å². The minimum Gasteiger partial charge on any atom is -0.490 e. The van der Waals surface area contributed by atoms with Gasteiger partial charge in [-0.2, -0.15) is 0 Å². The van der Waals surface area contributed by atoms with Crippen molar-refractivity contribution in [1.82, 2.24) is 0 Å². The van der Waals surface area contributed by atoms with Gasteiger partial charge in [-0.05, 0) is 49.8 Å². The molecule has 1 saturated carbocycles. The highest BCUT2D eigenvalue weighted by atomic mass is 79.9. The molecule has 0 aliphatic heterocycles. The second kappa shape index (κ2) is 7.53. The third-order valence-electron chi connectivity index (χ3n) is 4.47. The number of hydrogen-bond donors (Lipinski definition) is 0. The lowest BCUT2D eigenvalue weighted by Gasteiger charge is -2.38. The highest BCUT2D eigenvalue weighted by Gasteiger charge is 2.35. The van der Waals surface area contributed by atoms with Gasteiger partial charge in [0.1, 0.15) is 0 Å². The highest BCUT2D eigenvalue weighted by Crippen LogP contribution is 2.51. The van der Waals surface area contributed by atoms with Crippen molar-refractivity contribution in [3.63, 3.8) is 0 Å². The summed E-state index contributed by atoms with van der Waals surface area (Å²) in [5.41, 5.74) is 1.64. The van der Waals surface area contributed by atoms with Crippen molar-refractivity contribution < 1.29 is 9.47 Å². The van der Waals surface area contributed by atoms with Gasteiger partial charge in [-0.15, -0.1) is 0 Å². The molecule has 0 radical (unpaired) electrons. The fourth-order valence-electron chi connectivity index (χ4n) is 3.24. The Morgan fingerprint density at radius 2 is 1.67 bits per heavy atom. The van der Waals surface area contributed by atoms with Crippen molar-refractivity contribution in [2.45, 2.75) is 57.7 Å². The van der Waals surface area contributed by atoms with Crippen LogP contribution in [0.25, 0.3) is 0 Å². The van der Waals surface area contributed by atoms with E-state index in [2.05, 4.69) is 35.0 Å². The summed E-state index contributed by atoms with van der Waals surface area (Å²) in [5.74, 6) is 1.71. The Balaban J connectivity index is 2.24. The Bertz CT molecular complexity index is 453. The standard InChI is InChI=1S/C18H27BrO2/c1-4-20-15-10-9-14(13-16(15)21-5-2)17(19)18(3)11-7-6-8-12-18/h9-10,13,17H,4-8,11-12H2,1-3H3. The molecule has 1 unspecified atom stereocenters. The summed E-state index contributed by atoms with van der Waals surface area (Å²) >= 11 is 3.96. The molecule has 0 saturated heterocycles. The minimum absolute atomic E-state index is 0.342. The van der Waals surface area contributed by atoms with Crippen LogP contribution in [0.15, 0.2) is 18.2 Å². The van der Waals surface area contributed by atoms with Gasteiger partial charge < -0.3 is 9.47 Å². The predicted molar refractivity (Wildman–Crippen MR) is 91.6 cm³/mol. The summed E-state index contributed by atoms with van der Waals surface area (Å²) in [5, 5.41) is 0. The summed E-state index contributed by atoms with van der Waals surface area (Å²) in [6.45, 7) is 7.74. The molecule has 1 aliphatic rings. The largest absolute Gasteiger partial charge is 0.490 e. The van der Waals surface area contributed by atoms with Crippen molar-refractivity contribution >= 4 is 15.9 Å². The van der Waals surface area contributed by atoms with E-state index in [9.17, 15) is 0 Å². The first-order valence-corrected chi connectivity index (χ1v) is 9.06. The van der Waals surface area contributed by atoms with Gasteiger partial charge in [0.2, 0.25) is 0 Å². The zero-order valence-electron chi connectivity index (χ0n) is 13.5. The Hall–Kier alpha value is -0.700. The number of ether oxygens (including phenoxy) is 2. The van der Waals surface area contributed by atoms with E-state index in [1.807, 2.05) is 19.9 Å². The van der Waals surface area contributed by atoms with E-state index in [0.717, 1.165) is 11.5 Å². The van der Waals surface area contributed by atoms with E-state index in [0.29, 0.717) is 23.5 Å². The molecule has 1 aliphatic carbocycles. The third-order valence-corrected chi connectivity index (χ3v) is 6.10. The van der Waals surface area contributed by atoms with E-state index < -0.39 is 0 Å². The van der Waals surface area contributed by atoms with Crippen LogP contribution in [-0.4, -0.2) is 13.2 Å². The van der Waals surface area contributed by atoms with Gasteiger partial charge in [0.25, 0.3) is 0 Å². The maximum absolute atomic E-state index is 5.75. The van der Waals surface area contributed by atoms with Crippen LogP contribution in [0, 0.1) is 5.41 Å². The molecule has 1 aromatic carbocycles. The summed E-state index contributed by atoms with van der Waals surface area (Å²) < 4.78 is 11.4. The molecule has 1 atom stereocenters. The molecule has 0 amide bonds. The van der Waals surface area contributed by atoms with Crippen molar-refractivity contribution in [3.8, 4) is 11.5 Å². The zero-order valence-corrected chi connectivity index (χ0v) is 15.0. The average Bonchev–Trinajstić information content (AvgIpc) is 2.49. The number of halogens is 1. The molecular weight excluding hydrogens is 328 g/mol. The van der Waals surface area contributed by atoms with Crippen LogP contribution in [0.4, 0.5) is 0 Å². The van der Waals surface area contributed by atoms with E-state index in [-0.39, 0.29) is 0 Å². The van der Waals surface area contributed by atoms with Crippen molar-refractivity contribution in [2.75, 3.05) is 13.2 Å². The summed E-state index contributed by atoms with van der Waals surface area (Å²) in [6, 6.07) is 6.37. The number of benzene rings is 1. The number of rotatable bonds is 6. The monoisotopic (exact) mass is 354 g/mol. The quantitative estimate of drug-likeness (QED) is 0.592. The lowest BCUT2D eigenvalue weighted by molar-refractivity contribution is 0.212. The molecule has 1 aromatic rings. The van der Waals surface area contributed by atoms with Crippen LogP contribution in [0.3, 0.4) is 0 Å². The van der Waals surface area contributed by atoms with Crippen LogP contribution in [0.1, 0.15) is 63.3 Å². The molecule has 0 aromatic heterocycles. The van der Waals surface area contributed by atoms with Crippen LogP contribution in [0.5, 0.6) is 11.5 Å². The summed E-state index contributed by atoms with van der Waals surface area (Å²) in [6.07, 6.45) is 6.64. The minimum atomic E-state index is 0.342. The third kappa shape index (κ3) is 3.94. The number of hydrogen-bond acceptors (Lipinski definition) is 2. The molecule has 0 bridgehead atoms. The van der Waals surface area contributed by atoms with Gasteiger partial charge in [-0.1, -0.05) is 48.2 Å². The highest BCUT2D eigenvalue weighted by molar-refractivity contribution is 9.09. The summed E-state index contributed by atoms with van der Waals surface area (Å²) in [4.78, 5) is 0.375. The van der Waals surface area contributed by atoms with E-state index in [4.69, 9.17) is 9.47 Å². The van der Waals surface area contributed by atoms with Crippen LogP contribution >= 0.6 is 15.9 Å². The van der Waals surface area contributed by atoms with E-state index in [1.54, 1.807) is 0 Å². The maximum atomic E-state index is 5.75. The lowest BCUT2D eigenvalue weighted by atomic mass is 9.72. The first-order valence-electron chi connectivity index (χ1n) is 8.14. The Labute approximate surface area is 137 Å². The van der Waals surface area contributed by atoms with Gasteiger partial charge in [0.15, 0.2) is 11.5 Å². The Morgan fingerprint density at radius 3 is 2.29 bits per heavy atom. The van der Waals surface area contributed by atoms with Crippen LogP contribution in [0.2, 0.25) is 0 Å². The van der Waals surface area contributed by atoms with Crippen molar-refractivity contribution in [1.29, 1.82) is 0 Å². The molecule has 3 heteroatoms. The smallest absolute Gasteiger partial charge is 0.161 e. The van der Waals surface area contributed by atoms with Gasteiger partial charge in [0, 0.05) is 4.83 Å². The number of alkyl halides is 1. The average molecular weight is 355 g/mol. The van der Waals surface area contributed by atoms with Crippen molar-refractivity contribution in [2.24, 2.45) is 5.41 Å². The second-order valence-electron chi connectivity index (χ2n) is 6.15. The second-order valence-corrected chi connectivity index (χ2v) is 7.07. The van der Waals surface area contributed by atoms with E-state index >= 15 is 0 Å². The molecule has 2 rings (SSSR count). The molecule has 2 nitrogen and oxygen atoms in total. The molecule has 21 heavy (non-hydrogen) atoms. The topological polar surface area (TPSA) is 18.5 Å². The lowest BCUT2D eigenvalue weighted by Crippen LogP contribution is -2.25. The Morgan fingerprint density at radius 1 is 1.05 bits per heavy atom. The molecule has 118 valence electrons. The SMILES string of the molecule is CCOc1ccc(C(Br)C2(C)CCCCC2)cc1OCC. The van der Waals surface area contributed by atoms with Gasteiger partial charge in [-0.3, -0.25) is 0 Å². The molecular formula is C18H27BrO2. The maximum Gasteiger partial charge on any atom is 0.161 e. The zero-order chi connectivity index (χ0) is 15.3. The van der Waals surface area contributed by atoms with Gasteiger partial charge >= 0.3 is 0 Å². The molecule has 0 spiro atoms. The summed E-state index contributed by atoms with van der Waals surface area (Å²) in [7, 11) is 0. The van der Waals surface area contributed by atoms with Gasteiger partial charge in [0.05, 0.1) is 13.2 Å². The predicted octanol–water partition coefficient (Wildman–Crippen LogP) is 5.89. The molecule has 0 N–H and O–H groups in total.